The van der Waals surface area contributed by atoms with Gasteiger partial charge in [0.15, 0.2) is 10.9 Å². The summed E-state index contributed by atoms with van der Waals surface area (Å²) in [5.41, 5.74) is -0.630. The molecule has 0 bridgehead atoms. The summed E-state index contributed by atoms with van der Waals surface area (Å²) in [5, 5.41) is 1.39. The molecule has 0 spiro atoms. The molecule has 1 aromatic heterocycles. The van der Waals surface area contributed by atoms with Crippen LogP contribution in [0.3, 0.4) is 0 Å². The third-order valence-corrected chi connectivity index (χ3v) is 4.38. The lowest BCUT2D eigenvalue weighted by atomic mass is 9.99. The molecule has 0 radical (unpaired) electrons. The van der Waals surface area contributed by atoms with Crippen molar-refractivity contribution in [1.29, 1.82) is 0 Å². The van der Waals surface area contributed by atoms with Crippen LogP contribution in [0.25, 0.3) is 32.3 Å². The van der Waals surface area contributed by atoms with Gasteiger partial charge in [-0.2, -0.15) is 0 Å². The first kappa shape index (κ1) is 13.6. The standard InChI is InChI=1S/C18H11NO4/c1-8-3-4-9-10(5-8)16(21)12-7-14-13(6-11(12)15(9)20)17(22)19(2)18(14)23/h3-7H,1-2H3. The van der Waals surface area contributed by atoms with Crippen LogP contribution in [-0.2, 0) is 7.05 Å². The van der Waals surface area contributed by atoms with E-state index in [2.05, 4.69) is 0 Å². The van der Waals surface area contributed by atoms with Crippen LogP contribution in [0.5, 0.6) is 0 Å². The fraction of sp³-hybridized carbons (Fsp3) is 0.111. The lowest BCUT2D eigenvalue weighted by Gasteiger charge is -2.02. The fourth-order valence-electron chi connectivity index (χ4n) is 3.12. The molecule has 0 atom stereocenters. The largest absolute Gasteiger partial charge is 0.289 e. The summed E-state index contributed by atoms with van der Waals surface area (Å²) >= 11 is 0. The van der Waals surface area contributed by atoms with Gasteiger partial charge in [0.05, 0.1) is 10.8 Å². The van der Waals surface area contributed by atoms with Gasteiger partial charge in [0.1, 0.15) is 0 Å². The van der Waals surface area contributed by atoms with Gasteiger partial charge >= 0.3 is 0 Å². The van der Waals surface area contributed by atoms with E-state index < -0.39 is 11.1 Å². The minimum atomic E-state index is -0.456. The topological polar surface area (TPSA) is 73.2 Å². The van der Waals surface area contributed by atoms with E-state index in [1.54, 1.807) is 18.2 Å². The average molecular weight is 305 g/mol. The maximum absolute atomic E-state index is 12.7. The summed E-state index contributed by atoms with van der Waals surface area (Å²) < 4.78 is 0.988. The first-order chi connectivity index (χ1) is 10.9. The van der Waals surface area contributed by atoms with E-state index >= 15 is 0 Å². The van der Waals surface area contributed by atoms with Crippen molar-refractivity contribution in [2.45, 2.75) is 6.92 Å². The van der Waals surface area contributed by atoms with Gasteiger partial charge in [0.25, 0.3) is 11.1 Å². The highest BCUT2D eigenvalue weighted by Crippen LogP contribution is 2.18. The molecule has 0 unspecified atom stereocenters. The van der Waals surface area contributed by atoms with Crippen molar-refractivity contribution in [1.82, 2.24) is 4.57 Å². The van der Waals surface area contributed by atoms with E-state index in [0.29, 0.717) is 10.8 Å². The summed E-state index contributed by atoms with van der Waals surface area (Å²) in [5.74, 6) is 0. The molecule has 0 N–H and O–H groups in total. The molecule has 5 heteroatoms. The maximum atomic E-state index is 12.7. The Morgan fingerprint density at radius 1 is 0.652 bits per heavy atom. The fourth-order valence-corrected chi connectivity index (χ4v) is 3.12. The van der Waals surface area contributed by atoms with Crippen LogP contribution in [0.4, 0.5) is 0 Å². The SMILES string of the molecule is Cc1ccc2c(=O)c3cc4c(=O)n(C)c(=O)c4cc3c(=O)c2c1. The number of aryl methyl sites for hydroxylation is 1. The molecule has 0 saturated carbocycles. The first-order valence-corrected chi connectivity index (χ1v) is 7.10. The predicted molar refractivity (Wildman–Crippen MR) is 90.1 cm³/mol. The molecule has 0 amide bonds. The van der Waals surface area contributed by atoms with Crippen molar-refractivity contribution in [3.63, 3.8) is 0 Å². The molecule has 0 aliphatic heterocycles. The molecular weight excluding hydrogens is 294 g/mol. The van der Waals surface area contributed by atoms with Crippen LogP contribution in [0.2, 0.25) is 0 Å². The van der Waals surface area contributed by atoms with Crippen molar-refractivity contribution in [3.8, 4) is 0 Å². The Kier molecular flexibility index (Phi) is 2.49. The Morgan fingerprint density at radius 3 is 1.70 bits per heavy atom. The van der Waals surface area contributed by atoms with Crippen molar-refractivity contribution in [3.05, 3.63) is 77.0 Å². The zero-order valence-electron chi connectivity index (χ0n) is 12.5. The molecule has 5 nitrogen and oxygen atoms in total. The molecular formula is C18H11NO4. The second-order valence-corrected chi connectivity index (χ2v) is 5.82. The molecule has 4 aromatic rings. The third kappa shape index (κ3) is 1.61. The highest BCUT2D eigenvalue weighted by Gasteiger charge is 2.16. The second kappa shape index (κ2) is 4.23. The van der Waals surface area contributed by atoms with Gasteiger partial charge in [-0.3, -0.25) is 23.7 Å². The Labute approximate surface area is 128 Å². The molecule has 1 heterocycles. The Morgan fingerprint density at radius 2 is 1.13 bits per heavy atom. The minimum absolute atomic E-state index is 0.174. The summed E-state index contributed by atoms with van der Waals surface area (Å²) in [6, 6.07) is 7.81. The number of nitrogens with zero attached hydrogens (tertiary/aromatic N) is 1. The van der Waals surface area contributed by atoms with Crippen molar-refractivity contribution in [2.75, 3.05) is 0 Å². The van der Waals surface area contributed by atoms with Crippen LogP contribution in [0.1, 0.15) is 5.56 Å². The normalized spacial score (nSPS) is 11.7. The smallest absolute Gasteiger partial charge is 0.261 e. The number of fused-ring (bicyclic) bond motifs is 3. The third-order valence-electron chi connectivity index (χ3n) is 4.38. The van der Waals surface area contributed by atoms with Crippen LogP contribution in [0, 0.1) is 6.92 Å². The molecule has 3 aromatic carbocycles. The zero-order chi connectivity index (χ0) is 16.5. The van der Waals surface area contributed by atoms with Crippen LogP contribution in [0.15, 0.2) is 49.5 Å². The predicted octanol–water partition coefficient (Wildman–Crippen LogP) is 1.11. The lowest BCUT2D eigenvalue weighted by Crippen LogP contribution is -2.20. The summed E-state index contributed by atoms with van der Waals surface area (Å²) in [4.78, 5) is 49.6. The van der Waals surface area contributed by atoms with E-state index in [0.717, 1.165) is 10.1 Å². The van der Waals surface area contributed by atoms with Gasteiger partial charge in [-0.25, -0.2) is 0 Å². The molecule has 0 saturated heterocycles. The van der Waals surface area contributed by atoms with Gasteiger partial charge in [0.2, 0.25) is 0 Å². The first-order valence-electron chi connectivity index (χ1n) is 7.10. The van der Waals surface area contributed by atoms with Crippen LogP contribution in [-0.4, -0.2) is 4.57 Å². The van der Waals surface area contributed by atoms with E-state index in [4.69, 9.17) is 0 Å². The van der Waals surface area contributed by atoms with Crippen molar-refractivity contribution in [2.24, 2.45) is 7.05 Å². The highest BCUT2D eigenvalue weighted by atomic mass is 16.2. The van der Waals surface area contributed by atoms with Gasteiger partial charge in [0, 0.05) is 28.6 Å². The molecule has 23 heavy (non-hydrogen) atoms. The number of hydrogen-bond acceptors (Lipinski definition) is 4. The zero-order valence-corrected chi connectivity index (χ0v) is 12.5. The van der Waals surface area contributed by atoms with Gasteiger partial charge < -0.3 is 0 Å². The quantitative estimate of drug-likeness (QED) is 0.456. The number of hydrogen-bond donors (Lipinski definition) is 0. The van der Waals surface area contributed by atoms with Gasteiger partial charge in [-0.1, -0.05) is 17.7 Å². The lowest BCUT2D eigenvalue weighted by molar-refractivity contribution is 0.856. The van der Waals surface area contributed by atoms with E-state index in [1.165, 1.54) is 19.2 Å². The van der Waals surface area contributed by atoms with Crippen LogP contribution >= 0.6 is 0 Å². The minimum Gasteiger partial charge on any atom is -0.289 e. The highest BCUT2D eigenvalue weighted by molar-refractivity contribution is 6.04. The van der Waals surface area contributed by atoms with Gasteiger partial charge in [-0.05, 0) is 25.1 Å². The van der Waals surface area contributed by atoms with E-state index in [-0.39, 0.29) is 32.4 Å². The van der Waals surface area contributed by atoms with Gasteiger partial charge in [-0.15, -0.1) is 0 Å². The summed E-state index contributed by atoms with van der Waals surface area (Å²) in [7, 11) is 1.38. The monoisotopic (exact) mass is 305 g/mol. The average Bonchev–Trinajstić information content (AvgIpc) is 2.75. The Balaban J connectivity index is 2.40. The van der Waals surface area contributed by atoms with Crippen molar-refractivity contribution >= 4 is 32.3 Å². The van der Waals surface area contributed by atoms with E-state index in [1.807, 2.05) is 6.92 Å². The number of benzene rings is 3. The molecule has 0 aliphatic rings. The summed E-state index contributed by atoms with van der Waals surface area (Å²) in [6.07, 6.45) is 0. The second-order valence-electron chi connectivity index (χ2n) is 5.82. The summed E-state index contributed by atoms with van der Waals surface area (Å²) in [6.45, 7) is 1.84. The maximum Gasteiger partial charge on any atom is 0.261 e. The molecule has 0 fully saturated rings. The number of aromatic nitrogens is 1. The van der Waals surface area contributed by atoms with E-state index in [9.17, 15) is 19.2 Å². The molecule has 4 rings (SSSR count). The number of rotatable bonds is 0. The van der Waals surface area contributed by atoms with Crippen molar-refractivity contribution < 1.29 is 0 Å². The Bertz CT molecular complexity index is 1350. The van der Waals surface area contributed by atoms with Crippen LogP contribution < -0.4 is 22.0 Å². The Hall–Kier alpha value is -3.08. The molecule has 0 aliphatic carbocycles. The molecule has 112 valence electrons.